The highest BCUT2D eigenvalue weighted by molar-refractivity contribution is 5.95. The zero-order valence-electron chi connectivity index (χ0n) is 15.8. The Labute approximate surface area is 154 Å². The van der Waals surface area contributed by atoms with Crippen molar-refractivity contribution in [3.05, 3.63) is 33.9 Å². The molecule has 0 unspecified atom stereocenters. The van der Waals surface area contributed by atoms with Crippen molar-refractivity contribution in [2.75, 3.05) is 65.4 Å². The van der Waals surface area contributed by atoms with Crippen LogP contribution in [0.2, 0.25) is 0 Å². The van der Waals surface area contributed by atoms with Crippen LogP contribution in [0, 0.1) is 10.1 Å². The van der Waals surface area contributed by atoms with Crippen molar-refractivity contribution in [3.8, 4) is 0 Å². The summed E-state index contributed by atoms with van der Waals surface area (Å²) in [4.78, 5) is 29.7. The number of rotatable bonds is 9. The molecule has 1 aliphatic heterocycles. The van der Waals surface area contributed by atoms with E-state index < -0.39 is 4.92 Å². The maximum atomic E-state index is 12.9. The predicted molar refractivity (Wildman–Crippen MR) is 101 cm³/mol. The zero-order valence-corrected chi connectivity index (χ0v) is 15.8. The first-order valence-electron chi connectivity index (χ1n) is 8.90. The Balaban J connectivity index is 2.24. The lowest BCUT2D eigenvalue weighted by molar-refractivity contribution is -0.384. The van der Waals surface area contributed by atoms with Crippen molar-refractivity contribution in [2.45, 2.75) is 12.8 Å². The Kier molecular flexibility index (Phi) is 7.35. The average molecular weight is 364 g/mol. The van der Waals surface area contributed by atoms with E-state index in [0.717, 1.165) is 25.9 Å². The minimum Gasteiger partial charge on any atom is -0.383 e. The first-order chi connectivity index (χ1) is 12.4. The standard InChI is InChI=1S/C18H28N4O4/c1-19(2)10-11-21(12-13-26-3)18(23)15-6-7-16(17(14-15)22(24)25)20-8-4-5-9-20/h6-7,14H,4-5,8-13H2,1-3H3. The molecule has 0 aliphatic carbocycles. The van der Waals surface area contributed by atoms with Crippen LogP contribution in [0.3, 0.4) is 0 Å². The van der Waals surface area contributed by atoms with Gasteiger partial charge in [0.1, 0.15) is 5.69 Å². The SMILES string of the molecule is COCCN(CCN(C)C)C(=O)c1ccc(N2CCCC2)c([N+](=O)[O-])c1. The van der Waals surface area contributed by atoms with Crippen molar-refractivity contribution in [2.24, 2.45) is 0 Å². The Morgan fingerprint density at radius 2 is 1.92 bits per heavy atom. The molecule has 1 aliphatic rings. The fourth-order valence-electron chi connectivity index (χ4n) is 3.05. The van der Waals surface area contributed by atoms with Gasteiger partial charge in [-0.1, -0.05) is 0 Å². The van der Waals surface area contributed by atoms with Gasteiger partial charge in [0.2, 0.25) is 0 Å². The van der Waals surface area contributed by atoms with E-state index in [1.165, 1.54) is 6.07 Å². The molecule has 1 heterocycles. The maximum Gasteiger partial charge on any atom is 0.293 e. The minimum absolute atomic E-state index is 0.00273. The third kappa shape index (κ3) is 5.15. The van der Waals surface area contributed by atoms with Crippen LogP contribution in [0.4, 0.5) is 11.4 Å². The van der Waals surface area contributed by atoms with Gasteiger partial charge in [0.05, 0.1) is 11.5 Å². The van der Waals surface area contributed by atoms with E-state index in [1.54, 1.807) is 24.1 Å². The van der Waals surface area contributed by atoms with Gasteiger partial charge in [-0.25, -0.2) is 0 Å². The molecule has 1 aromatic rings. The first kappa shape index (κ1) is 20.1. The highest BCUT2D eigenvalue weighted by Crippen LogP contribution is 2.32. The number of ether oxygens (including phenoxy) is 1. The van der Waals surface area contributed by atoms with Crippen molar-refractivity contribution in [1.29, 1.82) is 0 Å². The summed E-state index contributed by atoms with van der Waals surface area (Å²) in [6, 6.07) is 4.81. The van der Waals surface area contributed by atoms with Crippen LogP contribution in [0.15, 0.2) is 18.2 Å². The highest BCUT2D eigenvalue weighted by Gasteiger charge is 2.25. The summed E-state index contributed by atoms with van der Waals surface area (Å²) >= 11 is 0. The van der Waals surface area contributed by atoms with Gasteiger partial charge in [0.25, 0.3) is 11.6 Å². The normalized spacial score (nSPS) is 14.1. The van der Waals surface area contributed by atoms with Crippen LogP contribution in [0.1, 0.15) is 23.2 Å². The van der Waals surface area contributed by atoms with Crippen LogP contribution in [0.25, 0.3) is 0 Å². The predicted octanol–water partition coefficient (Wildman–Crippen LogP) is 1.85. The Morgan fingerprint density at radius 3 is 2.50 bits per heavy atom. The van der Waals surface area contributed by atoms with Crippen molar-refractivity contribution in [1.82, 2.24) is 9.80 Å². The van der Waals surface area contributed by atoms with E-state index >= 15 is 0 Å². The molecule has 26 heavy (non-hydrogen) atoms. The molecule has 1 amide bonds. The zero-order chi connectivity index (χ0) is 19.1. The van der Waals surface area contributed by atoms with E-state index in [9.17, 15) is 14.9 Å². The Bertz CT molecular complexity index is 630. The quantitative estimate of drug-likeness (QED) is 0.491. The molecular formula is C18H28N4O4. The third-order valence-corrected chi connectivity index (χ3v) is 4.54. The van der Waals surface area contributed by atoms with Crippen molar-refractivity contribution < 1.29 is 14.5 Å². The second-order valence-electron chi connectivity index (χ2n) is 6.74. The molecule has 144 valence electrons. The molecule has 0 saturated carbocycles. The number of hydrogen-bond donors (Lipinski definition) is 0. The van der Waals surface area contributed by atoms with E-state index in [2.05, 4.69) is 0 Å². The van der Waals surface area contributed by atoms with Gasteiger partial charge in [0.15, 0.2) is 0 Å². The number of anilines is 1. The molecule has 1 fully saturated rings. The van der Waals surface area contributed by atoms with E-state index in [0.29, 0.717) is 37.5 Å². The van der Waals surface area contributed by atoms with Gasteiger partial charge in [-0.2, -0.15) is 0 Å². The number of carbonyl (C=O) groups is 1. The number of carbonyl (C=O) groups excluding carboxylic acids is 1. The average Bonchev–Trinajstić information content (AvgIpc) is 3.15. The van der Waals surface area contributed by atoms with Gasteiger partial charge in [0, 0.05) is 51.5 Å². The molecule has 0 spiro atoms. The summed E-state index contributed by atoms with van der Waals surface area (Å²) in [6.07, 6.45) is 2.07. The molecule has 2 rings (SSSR count). The molecule has 1 aromatic carbocycles. The Hall–Kier alpha value is -2.19. The summed E-state index contributed by atoms with van der Waals surface area (Å²) in [5, 5.41) is 11.5. The molecule has 0 atom stereocenters. The van der Waals surface area contributed by atoms with Gasteiger partial charge in [-0.05, 0) is 39.1 Å². The molecule has 0 radical (unpaired) electrons. The monoisotopic (exact) mass is 364 g/mol. The van der Waals surface area contributed by atoms with Gasteiger partial charge >= 0.3 is 0 Å². The fraction of sp³-hybridized carbons (Fsp3) is 0.611. The van der Waals surface area contributed by atoms with Gasteiger partial charge in [-0.3, -0.25) is 14.9 Å². The van der Waals surface area contributed by atoms with Crippen LogP contribution >= 0.6 is 0 Å². The Morgan fingerprint density at radius 1 is 1.23 bits per heavy atom. The summed E-state index contributed by atoms with van der Waals surface area (Å²) in [5.41, 5.74) is 0.937. The number of hydrogen-bond acceptors (Lipinski definition) is 6. The lowest BCUT2D eigenvalue weighted by Gasteiger charge is -2.24. The number of amides is 1. The van der Waals surface area contributed by atoms with E-state index in [1.807, 2.05) is 23.9 Å². The largest absolute Gasteiger partial charge is 0.383 e. The number of nitro groups is 1. The molecule has 8 heteroatoms. The molecule has 0 N–H and O–H groups in total. The van der Waals surface area contributed by atoms with Crippen LogP contribution in [0.5, 0.6) is 0 Å². The smallest absolute Gasteiger partial charge is 0.293 e. The van der Waals surface area contributed by atoms with Gasteiger partial charge in [-0.15, -0.1) is 0 Å². The maximum absolute atomic E-state index is 12.9. The van der Waals surface area contributed by atoms with Gasteiger partial charge < -0.3 is 19.4 Å². The molecule has 0 bridgehead atoms. The summed E-state index contributed by atoms with van der Waals surface area (Å²) in [7, 11) is 5.47. The molecular weight excluding hydrogens is 336 g/mol. The second-order valence-corrected chi connectivity index (χ2v) is 6.74. The highest BCUT2D eigenvalue weighted by atomic mass is 16.6. The molecule has 8 nitrogen and oxygen atoms in total. The third-order valence-electron chi connectivity index (χ3n) is 4.54. The summed E-state index contributed by atoms with van der Waals surface area (Å²) in [5.74, 6) is -0.208. The molecule has 0 aromatic heterocycles. The van der Waals surface area contributed by atoms with Crippen LogP contribution in [-0.2, 0) is 4.74 Å². The minimum atomic E-state index is -0.399. The topological polar surface area (TPSA) is 79.2 Å². The number of nitro benzene ring substituents is 1. The molecule has 1 saturated heterocycles. The first-order valence-corrected chi connectivity index (χ1v) is 8.90. The number of methoxy groups -OCH3 is 1. The fourth-order valence-corrected chi connectivity index (χ4v) is 3.05. The lowest BCUT2D eigenvalue weighted by atomic mass is 10.1. The summed E-state index contributed by atoms with van der Waals surface area (Å²) in [6.45, 7) is 3.76. The van der Waals surface area contributed by atoms with Crippen LogP contribution in [-0.4, -0.2) is 81.2 Å². The number of nitrogens with zero attached hydrogens (tertiary/aromatic N) is 4. The number of benzene rings is 1. The lowest BCUT2D eigenvalue weighted by Crippen LogP contribution is -2.38. The van der Waals surface area contributed by atoms with Crippen molar-refractivity contribution in [3.63, 3.8) is 0 Å². The number of likely N-dealkylation sites (N-methyl/N-ethyl adjacent to an activating group) is 1. The van der Waals surface area contributed by atoms with E-state index in [-0.39, 0.29) is 11.6 Å². The summed E-state index contributed by atoms with van der Waals surface area (Å²) < 4.78 is 5.09. The van der Waals surface area contributed by atoms with Crippen LogP contribution < -0.4 is 4.90 Å². The van der Waals surface area contributed by atoms with E-state index in [4.69, 9.17) is 4.74 Å². The second kappa shape index (κ2) is 9.49. The van der Waals surface area contributed by atoms with Crippen molar-refractivity contribution >= 4 is 17.3 Å².